The summed E-state index contributed by atoms with van der Waals surface area (Å²) in [6, 6.07) is 22.7. The summed E-state index contributed by atoms with van der Waals surface area (Å²) < 4.78 is 50.3. The van der Waals surface area contributed by atoms with Gasteiger partial charge in [-0.2, -0.15) is 13.2 Å². The highest BCUT2D eigenvalue weighted by atomic mass is 19.4. The number of aliphatic imine (C=N–C) groups is 1. The molecule has 3 aromatic rings. The smallest absolute Gasteiger partial charge is 0.416 e. The Kier molecular flexibility index (Phi) is 6.34. The van der Waals surface area contributed by atoms with Crippen molar-refractivity contribution < 1.29 is 22.6 Å². The maximum Gasteiger partial charge on any atom is 0.416 e. The van der Waals surface area contributed by atoms with Gasteiger partial charge in [-0.1, -0.05) is 42.5 Å². The van der Waals surface area contributed by atoms with Crippen LogP contribution in [0.25, 0.3) is 0 Å². The molecule has 3 aromatic carbocycles. The fourth-order valence-electron chi connectivity index (χ4n) is 2.36. The third kappa shape index (κ3) is 5.97. The highest BCUT2D eigenvalue weighted by molar-refractivity contribution is 5.96. The maximum absolute atomic E-state index is 13.0. The molecule has 0 aliphatic carbocycles. The Hall–Kier alpha value is -3.54. The third-order valence-corrected chi connectivity index (χ3v) is 3.82. The number of hydrogen-bond acceptors (Lipinski definition) is 3. The molecular formula is C23H18F3NO2. The lowest BCUT2D eigenvalue weighted by Gasteiger charge is -2.12. The van der Waals surface area contributed by atoms with E-state index in [4.69, 9.17) is 9.47 Å². The molecule has 6 heteroatoms. The molecule has 0 spiro atoms. The van der Waals surface area contributed by atoms with E-state index < -0.39 is 11.7 Å². The van der Waals surface area contributed by atoms with Crippen LogP contribution in [-0.4, -0.2) is 5.90 Å². The zero-order valence-corrected chi connectivity index (χ0v) is 15.6. The van der Waals surface area contributed by atoms with Crippen molar-refractivity contribution >= 4 is 11.6 Å². The molecule has 3 rings (SSSR count). The van der Waals surface area contributed by atoms with E-state index in [1.807, 2.05) is 24.3 Å². The van der Waals surface area contributed by atoms with Crippen LogP contribution in [0.5, 0.6) is 11.5 Å². The number of nitrogens with zero attached hydrogens (tertiary/aromatic N) is 1. The SMILES string of the molecule is CC(=C\Oc1ccccc1)/C(=N\c1ccccc1)Oc1cccc(C(F)(F)F)c1. The van der Waals surface area contributed by atoms with Crippen LogP contribution in [0.1, 0.15) is 12.5 Å². The quantitative estimate of drug-likeness (QED) is 0.269. The van der Waals surface area contributed by atoms with Gasteiger partial charge in [-0.25, -0.2) is 4.99 Å². The van der Waals surface area contributed by atoms with Gasteiger partial charge in [0.05, 0.1) is 17.5 Å². The normalized spacial score (nSPS) is 12.6. The summed E-state index contributed by atoms with van der Waals surface area (Å²) >= 11 is 0. The molecule has 0 aromatic heterocycles. The number of alkyl halides is 3. The molecule has 3 nitrogen and oxygen atoms in total. The molecule has 0 bridgehead atoms. The average molecular weight is 397 g/mol. The van der Waals surface area contributed by atoms with Gasteiger partial charge in [-0.05, 0) is 49.4 Å². The van der Waals surface area contributed by atoms with E-state index >= 15 is 0 Å². The molecule has 0 aliphatic rings. The Morgan fingerprint density at radius 3 is 2.10 bits per heavy atom. The number of benzene rings is 3. The molecule has 29 heavy (non-hydrogen) atoms. The highest BCUT2D eigenvalue weighted by Crippen LogP contribution is 2.31. The topological polar surface area (TPSA) is 30.8 Å². The molecular weight excluding hydrogens is 379 g/mol. The maximum atomic E-state index is 13.0. The van der Waals surface area contributed by atoms with Crippen LogP contribution in [-0.2, 0) is 6.18 Å². The molecule has 0 N–H and O–H groups in total. The molecule has 0 saturated carbocycles. The summed E-state index contributed by atoms with van der Waals surface area (Å²) in [5.41, 5.74) is 0.313. The number of rotatable bonds is 5. The van der Waals surface area contributed by atoms with E-state index in [0.717, 1.165) is 12.1 Å². The van der Waals surface area contributed by atoms with Gasteiger partial charge in [0.1, 0.15) is 11.5 Å². The molecule has 0 amide bonds. The van der Waals surface area contributed by atoms with E-state index in [1.165, 1.54) is 18.4 Å². The first-order chi connectivity index (χ1) is 13.9. The van der Waals surface area contributed by atoms with Crippen molar-refractivity contribution in [2.45, 2.75) is 13.1 Å². The van der Waals surface area contributed by atoms with Crippen molar-refractivity contribution in [3.05, 3.63) is 102 Å². The summed E-state index contributed by atoms with van der Waals surface area (Å²) in [6.07, 6.45) is -3.01. The Labute approximate surface area is 166 Å². The second-order valence-corrected chi connectivity index (χ2v) is 6.11. The van der Waals surface area contributed by atoms with Crippen molar-refractivity contribution in [2.24, 2.45) is 4.99 Å². The zero-order chi connectivity index (χ0) is 20.7. The predicted molar refractivity (Wildman–Crippen MR) is 106 cm³/mol. The first kappa shape index (κ1) is 20.2. The van der Waals surface area contributed by atoms with Crippen molar-refractivity contribution in [3.63, 3.8) is 0 Å². The van der Waals surface area contributed by atoms with Gasteiger partial charge >= 0.3 is 6.18 Å². The third-order valence-electron chi connectivity index (χ3n) is 3.82. The Bertz CT molecular complexity index is 997. The van der Waals surface area contributed by atoms with Crippen LogP contribution in [0, 0.1) is 0 Å². The highest BCUT2D eigenvalue weighted by Gasteiger charge is 2.30. The summed E-state index contributed by atoms with van der Waals surface area (Å²) in [4.78, 5) is 4.42. The lowest BCUT2D eigenvalue weighted by Crippen LogP contribution is -2.12. The zero-order valence-electron chi connectivity index (χ0n) is 15.6. The Morgan fingerprint density at radius 2 is 1.45 bits per heavy atom. The van der Waals surface area contributed by atoms with Gasteiger partial charge in [0, 0.05) is 5.57 Å². The Balaban J connectivity index is 1.90. The van der Waals surface area contributed by atoms with Crippen LogP contribution >= 0.6 is 0 Å². The van der Waals surface area contributed by atoms with Gasteiger partial charge in [-0.15, -0.1) is 0 Å². The fourth-order valence-corrected chi connectivity index (χ4v) is 2.36. The van der Waals surface area contributed by atoms with E-state index in [-0.39, 0.29) is 11.6 Å². The summed E-state index contributed by atoms with van der Waals surface area (Å²) in [6.45, 7) is 1.71. The van der Waals surface area contributed by atoms with Crippen LogP contribution in [0.3, 0.4) is 0 Å². The van der Waals surface area contributed by atoms with E-state index in [1.54, 1.807) is 43.3 Å². The summed E-state index contributed by atoms with van der Waals surface area (Å²) in [7, 11) is 0. The predicted octanol–water partition coefficient (Wildman–Crippen LogP) is 6.80. The largest absolute Gasteiger partial charge is 0.465 e. The minimum atomic E-state index is -4.46. The number of para-hydroxylation sites is 2. The van der Waals surface area contributed by atoms with Crippen molar-refractivity contribution in [1.82, 2.24) is 0 Å². The fraction of sp³-hybridized carbons (Fsp3) is 0.0870. The molecule has 148 valence electrons. The Morgan fingerprint density at radius 1 is 0.828 bits per heavy atom. The minimum Gasteiger partial charge on any atom is -0.465 e. The van der Waals surface area contributed by atoms with Crippen LogP contribution in [0.15, 0.2) is 102 Å². The minimum absolute atomic E-state index is 0.0296. The molecule has 0 aliphatic heterocycles. The first-order valence-corrected chi connectivity index (χ1v) is 8.79. The molecule has 0 atom stereocenters. The summed E-state index contributed by atoms with van der Waals surface area (Å²) in [5, 5.41) is 0. The lowest BCUT2D eigenvalue weighted by molar-refractivity contribution is -0.137. The number of hydrogen-bond donors (Lipinski definition) is 0. The molecule has 0 fully saturated rings. The monoisotopic (exact) mass is 397 g/mol. The van der Waals surface area contributed by atoms with Crippen molar-refractivity contribution in [1.29, 1.82) is 0 Å². The second-order valence-electron chi connectivity index (χ2n) is 6.11. The standard InChI is InChI=1S/C23H18F3NO2/c1-17(16-28-20-12-6-3-7-13-20)22(27-19-10-4-2-5-11-19)29-21-14-8-9-18(15-21)23(24,25)26/h2-16H,1H3/b17-16+,27-22+. The van der Waals surface area contributed by atoms with Gasteiger partial charge in [0.2, 0.25) is 5.90 Å². The van der Waals surface area contributed by atoms with Crippen molar-refractivity contribution in [3.8, 4) is 11.5 Å². The van der Waals surface area contributed by atoms with Crippen LogP contribution < -0.4 is 9.47 Å². The lowest BCUT2D eigenvalue weighted by atomic mass is 10.2. The molecule has 0 saturated heterocycles. The van der Waals surface area contributed by atoms with Crippen LogP contribution in [0.2, 0.25) is 0 Å². The van der Waals surface area contributed by atoms with E-state index in [9.17, 15) is 13.2 Å². The van der Waals surface area contributed by atoms with Crippen molar-refractivity contribution in [2.75, 3.05) is 0 Å². The number of ether oxygens (including phenoxy) is 2. The van der Waals surface area contributed by atoms with Gasteiger partial charge in [-0.3, -0.25) is 0 Å². The number of halogens is 3. The molecule has 0 heterocycles. The average Bonchev–Trinajstić information content (AvgIpc) is 2.73. The first-order valence-electron chi connectivity index (χ1n) is 8.79. The van der Waals surface area contributed by atoms with Crippen LogP contribution in [0.4, 0.5) is 18.9 Å². The van der Waals surface area contributed by atoms with Gasteiger partial charge in [0.25, 0.3) is 0 Å². The summed E-state index contributed by atoms with van der Waals surface area (Å²) in [5.74, 6) is 0.776. The van der Waals surface area contributed by atoms with E-state index in [0.29, 0.717) is 17.0 Å². The van der Waals surface area contributed by atoms with Gasteiger partial charge < -0.3 is 9.47 Å². The van der Waals surface area contributed by atoms with Gasteiger partial charge in [0.15, 0.2) is 0 Å². The molecule has 0 radical (unpaired) electrons. The second kappa shape index (κ2) is 9.10. The molecule has 0 unspecified atom stereocenters. The van der Waals surface area contributed by atoms with E-state index in [2.05, 4.69) is 4.99 Å².